The summed E-state index contributed by atoms with van der Waals surface area (Å²) in [7, 11) is 0. The number of carbonyl (C=O) groups excluding carboxylic acids is 7. The number of carbonyl (C=O) groups is 7. The summed E-state index contributed by atoms with van der Waals surface area (Å²) < 4.78 is 35.2. The minimum absolute atomic E-state index is 0.228. The molecule has 0 spiro atoms. The molecule has 0 amide bonds. The van der Waals surface area contributed by atoms with E-state index >= 15 is 0 Å². The molecule has 1 fully saturated rings. The van der Waals surface area contributed by atoms with Crippen molar-refractivity contribution in [2.24, 2.45) is 17.3 Å². The molecule has 268 valence electrons. The summed E-state index contributed by atoms with van der Waals surface area (Å²) in [6, 6.07) is 0. The first-order chi connectivity index (χ1) is 22.0. The number of ether oxygens (including phenoxy) is 6. The van der Waals surface area contributed by atoms with Crippen molar-refractivity contribution >= 4 is 41.4 Å². The van der Waals surface area contributed by atoms with Crippen LogP contribution in [0.5, 0.6) is 0 Å². The second kappa shape index (κ2) is 15.6. The van der Waals surface area contributed by atoms with Crippen molar-refractivity contribution in [1.82, 2.24) is 0 Å². The normalized spacial score (nSPS) is 33.2. The van der Waals surface area contributed by atoms with E-state index in [1.807, 2.05) is 6.92 Å². The van der Waals surface area contributed by atoms with Gasteiger partial charge in [0.25, 0.3) is 0 Å². The smallest absolute Gasteiger partial charge is 0.303 e. The number of ketones is 2. The predicted octanol–water partition coefficient (Wildman–Crippen LogP) is 3.93. The third-order valence-corrected chi connectivity index (χ3v) is 8.59. The third kappa shape index (κ3) is 8.97. The summed E-state index contributed by atoms with van der Waals surface area (Å²) in [5.74, 6) is -8.26. The van der Waals surface area contributed by atoms with Gasteiger partial charge < -0.3 is 28.4 Å². The van der Waals surface area contributed by atoms with E-state index in [0.717, 1.165) is 34.6 Å². The molecule has 0 bridgehead atoms. The Balaban J connectivity index is 3.19. The Labute approximate surface area is 282 Å². The Bertz CT molecular complexity index is 1350. The molecule has 0 saturated heterocycles. The van der Waals surface area contributed by atoms with Gasteiger partial charge in [-0.15, -0.1) is 0 Å². The Kier molecular flexibility index (Phi) is 13.1. The molecule has 0 heterocycles. The molecule has 0 radical (unpaired) electrons. The molecule has 0 aromatic heterocycles. The van der Waals surface area contributed by atoms with Crippen molar-refractivity contribution in [2.45, 2.75) is 137 Å². The summed E-state index contributed by atoms with van der Waals surface area (Å²) in [5, 5.41) is 0. The number of esters is 5. The van der Waals surface area contributed by atoms with Crippen LogP contribution in [-0.2, 0) is 62.0 Å². The number of rotatable bonds is 9. The molecule has 2 rings (SSSR count). The molecule has 1 unspecified atom stereocenters. The fraction of sp³-hybridized carbons (Fsp3) is 0.686. The van der Waals surface area contributed by atoms with E-state index in [1.54, 1.807) is 20.8 Å². The number of hydrogen-bond acceptors (Lipinski definition) is 13. The van der Waals surface area contributed by atoms with Crippen molar-refractivity contribution in [3.05, 3.63) is 24.3 Å². The van der Waals surface area contributed by atoms with Gasteiger partial charge >= 0.3 is 29.8 Å². The fourth-order valence-corrected chi connectivity index (χ4v) is 6.76. The molecule has 13 nitrogen and oxygen atoms in total. The summed E-state index contributed by atoms with van der Waals surface area (Å²) in [6.07, 6.45) is -3.26. The van der Waals surface area contributed by atoms with Gasteiger partial charge in [-0.25, -0.2) is 0 Å². The van der Waals surface area contributed by atoms with Gasteiger partial charge in [-0.1, -0.05) is 39.0 Å². The highest BCUT2D eigenvalue weighted by Gasteiger charge is 2.72. The van der Waals surface area contributed by atoms with E-state index in [2.05, 4.69) is 6.58 Å². The first-order valence-corrected chi connectivity index (χ1v) is 16.1. The van der Waals surface area contributed by atoms with Crippen LogP contribution in [0.25, 0.3) is 0 Å². The lowest BCUT2D eigenvalue weighted by Crippen LogP contribution is -2.58. The lowest BCUT2D eigenvalue weighted by molar-refractivity contribution is -0.191. The lowest BCUT2D eigenvalue weighted by Gasteiger charge is -2.42. The van der Waals surface area contributed by atoms with Crippen LogP contribution in [0.1, 0.15) is 95.4 Å². The van der Waals surface area contributed by atoms with Gasteiger partial charge in [0.2, 0.25) is 0 Å². The Morgan fingerprint density at radius 3 is 1.81 bits per heavy atom. The van der Waals surface area contributed by atoms with Crippen LogP contribution in [0.3, 0.4) is 0 Å². The summed E-state index contributed by atoms with van der Waals surface area (Å²) in [4.78, 5) is 92.5. The molecule has 9 atom stereocenters. The first-order valence-electron chi connectivity index (χ1n) is 16.1. The molecular weight excluding hydrogens is 628 g/mol. The molecule has 1 saturated carbocycles. The molecule has 2 aliphatic carbocycles. The number of hydrogen-bond donors (Lipinski definition) is 0. The Morgan fingerprint density at radius 1 is 0.812 bits per heavy atom. The highest BCUT2D eigenvalue weighted by Crippen LogP contribution is 2.54. The number of Topliss-reactive ketones (excluding diaryl/α,β-unsaturated/α-hetero) is 2. The van der Waals surface area contributed by atoms with E-state index in [4.69, 9.17) is 28.4 Å². The summed E-state index contributed by atoms with van der Waals surface area (Å²) in [5.41, 5.74) is -5.64. The van der Waals surface area contributed by atoms with Gasteiger partial charge in [0, 0.05) is 57.9 Å². The van der Waals surface area contributed by atoms with Crippen molar-refractivity contribution in [3.8, 4) is 0 Å². The maximum absolute atomic E-state index is 14.7. The average Bonchev–Trinajstić information content (AvgIpc) is 3.16. The summed E-state index contributed by atoms with van der Waals surface area (Å²) >= 11 is 0. The van der Waals surface area contributed by atoms with Crippen LogP contribution in [-0.4, -0.2) is 83.1 Å². The number of allylic oxidation sites excluding steroid dienone is 2. The standard InChI is InChI=1S/C35H50O13/c1-13-14-19(3)43-29-28(45-22(6)37)20(4)27(44-21(5)36)26-32(46-23(7)38)34(12,47-24(8)39)17-35(26,48-25(9)40)30(41)18(2)15-16-33(10,11)31(29)42/h15-16,18-19,26-29,32H,4,13-14,17H2,1-3,5-12H3/b16-15+/t18-,19?,26-,27-,28-,29-,32+,34+,35+/m0/s1. The van der Waals surface area contributed by atoms with Crippen LogP contribution in [0.4, 0.5) is 0 Å². The maximum atomic E-state index is 14.7. The first kappa shape index (κ1) is 40.3. The van der Waals surface area contributed by atoms with Crippen LogP contribution in [0.2, 0.25) is 0 Å². The van der Waals surface area contributed by atoms with E-state index in [9.17, 15) is 33.6 Å². The molecular formula is C35H50O13. The van der Waals surface area contributed by atoms with Gasteiger partial charge in [-0.05, 0) is 34.1 Å². The van der Waals surface area contributed by atoms with Gasteiger partial charge in [0.15, 0.2) is 41.1 Å². The van der Waals surface area contributed by atoms with Crippen LogP contribution in [0, 0.1) is 17.3 Å². The van der Waals surface area contributed by atoms with Gasteiger partial charge in [0.1, 0.15) is 6.10 Å². The van der Waals surface area contributed by atoms with E-state index in [1.165, 1.54) is 26.0 Å². The second-order valence-corrected chi connectivity index (χ2v) is 13.5. The van der Waals surface area contributed by atoms with E-state index in [0.29, 0.717) is 12.8 Å². The van der Waals surface area contributed by atoms with Crippen molar-refractivity contribution in [1.29, 1.82) is 0 Å². The number of fused-ring (bicyclic) bond motifs is 1. The summed E-state index contributed by atoms with van der Waals surface area (Å²) in [6.45, 7) is 19.3. The molecule has 0 aromatic rings. The van der Waals surface area contributed by atoms with Crippen LogP contribution in [0.15, 0.2) is 24.3 Å². The zero-order valence-corrected chi connectivity index (χ0v) is 29.8. The molecule has 0 aromatic carbocycles. The minimum Gasteiger partial charge on any atom is -0.458 e. The lowest BCUT2D eigenvalue weighted by atomic mass is 9.72. The third-order valence-electron chi connectivity index (χ3n) is 8.59. The molecule has 13 heteroatoms. The van der Waals surface area contributed by atoms with Crippen molar-refractivity contribution in [2.75, 3.05) is 0 Å². The molecule has 2 aliphatic rings. The zero-order chi connectivity index (χ0) is 36.9. The minimum atomic E-state index is -2.27. The van der Waals surface area contributed by atoms with Gasteiger partial charge in [-0.3, -0.25) is 33.6 Å². The van der Waals surface area contributed by atoms with Crippen LogP contribution >= 0.6 is 0 Å². The van der Waals surface area contributed by atoms with E-state index < -0.39 is 107 Å². The molecule has 48 heavy (non-hydrogen) atoms. The van der Waals surface area contributed by atoms with Gasteiger partial charge in [0.05, 0.1) is 12.0 Å². The van der Waals surface area contributed by atoms with Crippen LogP contribution < -0.4 is 0 Å². The average molecular weight is 679 g/mol. The maximum Gasteiger partial charge on any atom is 0.303 e. The highest BCUT2D eigenvalue weighted by molar-refractivity contribution is 5.95. The highest BCUT2D eigenvalue weighted by atomic mass is 16.6. The quantitative estimate of drug-likeness (QED) is 0.195. The molecule has 0 N–H and O–H groups in total. The predicted molar refractivity (Wildman–Crippen MR) is 170 cm³/mol. The SMILES string of the molecule is C=C1[C@H](OC(C)=O)[C@H]2[C@@H](OC(C)=O)[C@](C)(OC(C)=O)C[C@]2(OC(C)=O)C(=O)[C@@H](C)/C=C/C(C)(C)C(=O)[C@@H](OC(C)CCC)[C@H]1OC(C)=O. The Morgan fingerprint density at radius 2 is 1.33 bits per heavy atom. The molecule has 0 aliphatic heterocycles. The van der Waals surface area contributed by atoms with Gasteiger partial charge in [-0.2, -0.15) is 0 Å². The largest absolute Gasteiger partial charge is 0.458 e. The monoisotopic (exact) mass is 678 g/mol. The van der Waals surface area contributed by atoms with Crippen molar-refractivity contribution in [3.63, 3.8) is 0 Å². The zero-order valence-electron chi connectivity index (χ0n) is 29.8. The fourth-order valence-electron chi connectivity index (χ4n) is 6.76. The van der Waals surface area contributed by atoms with Crippen molar-refractivity contribution < 1.29 is 62.0 Å². The Hall–Kier alpha value is -3.87. The topological polar surface area (TPSA) is 175 Å². The van der Waals surface area contributed by atoms with E-state index in [-0.39, 0.29) is 5.57 Å². The second-order valence-electron chi connectivity index (χ2n) is 13.5.